The summed E-state index contributed by atoms with van der Waals surface area (Å²) in [5.74, 6) is -0.186. The van der Waals surface area contributed by atoms with E-state index < -0.39 is 28.5 Å². The van der Waals surface area contributed by atoms with E-state index in [0.717, 1.165) is 21.7 Å². The fourth-order valence-corrected chi connectivity index (χ4v) is 4.13. The van der Waals surface area contributed by atoms with Gasteiger partial charge in [-0.15, -0.1) is 0 Å². The summed E-state index contributed by atoms with van der Waals surface area (Å²) in [5, 5.41) is 2.82. The Kier molecular flexibility index (Phi) is 8.87. The number of hydrogen-bond acceptors (Lipinski definition) is 5. The zero-order chi connectivity index (χ0) is 24.8. The van der Waals surface area contributed by atoms with E-state index in [1.807, 2.05) is 26.8 Å². The molecular weight excluding hydrogens is 442 g/mol. The first-order chi connectivity index (χ1) is 15.4. The molecular formula is C24H33N3O5S. The number of benzene rings is 2. The number of rotatable bonds is 10. The first-order valence-electron chi connectivity index (χ1n) is 10.7. The van der Waals surface area contributed by atoms with E-state index >= 15 is 0 Å². The van der Waals surface area contributed by atoms with Gasteiger partial charge in [0.05, 0.1) is 19.1 Å². The van der Waals surface area contributed by atoms with Gasteiger partial charge in [0.1, 0.15) is 18.3 Å². The largest absolute Gasteiger partial charge is 0.497 e. The van der Waals surface area contributed by atoms with Gasteiger partial charge in [0.15, 0.2) is 0 Å². The van der Waals surface area contributed by atoms with Crippen molar-refractivity contribution in [2.24, 2.45) is 0 Å². The maximum absolute atomic E-state index is 13.4. The van der Waals surface area contributed by atoms with Crippen LogP contribution in [-0.2, 0) is 26.2 Å². The Morgan fingerprint density at radius 3 is 2.24 bits per heavy atom. The van der Waals surface area contributed by atoms with Crippen molar-refractivity contribution in [3.63, 3.8) is 0 Å². The first kappa shape index (κ1) is 26.2. The van der Waals surface area contributed by atoms with Crippen molar-refractivity contribution in [1.82, 2.24) is 10.2 Å². The molecule has 0 bridgehead atoms. The second-order valence-corrected chi connectivity index (χ2v) is 10.2. The zero-order valence-corrected chi connectivity index (χ0v) is 20.8. The lowest BCUT2D eigenvalue weighted by atomic mass is 10.1. The van der Waals surface area contributed by atoms with E-state index in [9.17, 15) is 18.0 Å². The molecule has 0 spiro atoms. The number of methoxy groups -OCH3 is 1. The molecule has 33 heavy (non-hydrogen) atoms. The van der Waals surface area contributed by atoms with E-state index in [2.05, 4.69) is 5.32 Å². The summed E-state index contributed by atoms with van der Waals surface area (Å²) in [4.78, 5) is 27.6. The number of amides is 2. The fraction of sp³-hybridized carbons (Fsp3) is 0.417. The zero-order valence-electron chi connectivity index (χ0n) is 20.0. The van der Waals surface area contributed by atoms with Crippen molar-refractivity contribution in [1.29, 1.82) is 0 Å². The molecule has 0 aromatic heterocycles. The van der Waals surface area contributed by atoms with Gasteiger partial charge < -0.3 is 15.0 Å². The molecule has 0 saturated carbocycles. The topological polar surface area (TPSA) is 96.0 Å². The summed E-state index contributed by atoms with van der Waals surface area (Å²) < 4.78 is 31.4. The van der Waals surface area contributed by atoms with Crippen LogP contribution in [0.25, 0.3) is 0 Å². The van der Waals surface area contributed by atoms with Crippen molar-refractivity contribution in [3.8, 4) is 5.75 Å². The number of hydrogen-bond donors (Lipinski definition) is 1. The van der Waals surface area contributed by atoms with Crippen LogP contribution in [0.3, 0.4) is 0 Å². The van der Waals surface area contributed by atoms with Crippen LogP contribution in [0.2, 0.25) is 0 Å². The number of anilines is 1. The standard InChI is InChI=1S/C24H33N3O5S/c1-17(2)25-24(29)19(4)26(15-20-8-7-9-22(14-20)32-5)23(28)16-27(33(6,30)31)21-12-10-18(3)11-13-21/h7-14,17,19H,15-16H2,1-6H3,(H,25,29)/t19-/m0/s1. The SMILES string of the molecule is COc1cccc(CN(C(=O)CN(c2ccc(C)cc2)S(C)(=O)=O)[C@@H](C)C(=O)NC(C)C)c1. The third-order valence-corrected chi connectivity index (χ3v) is 6.23. The number of nitrogens with zero attached hydrogens (tertiary/aromatic N) is 2. The maximum atomic E-state index is 13.4. The number of carbonyl (C=O) groups excluding carboxylic acids is 2. The van der Waals surface area contributed by atoms with Crippen molar-refractivity contribution < 1.29 is 22.7 Å². The van der Waals surface area contributed by atoms with E-state index in [4.69, 9.17) is 4.74 Å². The summed E-state index contributed by atoms with van der Waals surface area (Å²) in [5.41, 5.74) is 2.11. The summed E-state index contributed by atoms with van der Waals surface area (Å²) in [6.07, 6.45) is 1.06. The molecule has 0 aliphatic carbocycles. The van der Waals surface area contributed by atoms with Gasteiger partial charge in [-0.05, 0) is 57.5 Å². The van der Waals surface area contributed by atoms with Crippen LogP contribution in [0, 0.1) is 6.92 Å². The van der Waals surface area contributed by atoms with E-state index in [0.29, 0.717) is 11.4 Å². The molecule has 0 aliphatic rings. The highest BCUT2D eigenvalue weighted by molar-refractivity contribution is 7.92. The van der Waals surface area contributed by atoms with Crippen molar-refractivity contribution in [2.75, 3.05) is 24.2 Å². The van der Waals surface area contributed by atoms with E-state index in [1.165, 1.54) is 4.90 Å². The molecule has 9 heteroatoms. The second kappa shape index (κ2) is 11.2. The minimum absolute atomic E-state index is 0.103. The minimum Gasteiger partial charge on any atom is -0.497 e. The molecule has 1 N–H and O–H groups in total. The Bertz CT molecular complexity index is 1070. The Morgan fingerprint density at radius 1 is 1.06 bits per heavy atom. The van der Waals surface area contributed by atoms with Gasteiger partial charge in [-0.3, -0.25) is 13.9 Å². The van der Waals surface area contributed by atoms with Gasteiger partial charge in [0, 0.05) is 12.6 Å². The molecule has 0 fully saturated rings. The Morgan fingerprint density at radius 2 is 1.70 bits per heavy atom. The molecule has 0 unspecified atom stereocenters. The normalized spacial score (nSPS) is 12.2. The highest BCUT2D eigenvalue weighted by atomic mass is 32.2. The molecule has 0 aliphatic heterocycles. The van der Waals surface area contributed by atoms with Crippen LogP contribution < -0.4 is 14.4 Å². The Labute approximate surface area is 196 Å². The highest BCUT2D eigenvalue weighted by Gasteiger charge is 2.30. The second-order valence-electron chi connectivity index (χ2n) is 8.32. The van der Waals surface area contributed by atoms with Gasteiger partial charge in [0.2, 0.25) is 21.8 Å². The molecule has 2 aromatic rings. The van der Waals surface area contributed by atoms with Crippen LogP contribution >= 0.6 is 0 Å². The van der Waals surface area contributed by atoms with Crippen LogP contribution in [0.4, 0.5) is 5.69 Å². The molecule has 2 aromatic carbocycles. The molecule has 0 heterocycles. The lowest BCUT2D eigenvalue weighted by Gasteiger charge is -2.32. The quantitative estimate of drug-likeness (QED) is 0.570. The fourth-order valence-electron chi connectivity index (χ4n) is 3.28. The predicted molar refractivity (Wildman–Crippen MR) is 130 cm³/mol. The number of carbonyl (C=O) groups is 2. The predicted octanol–water partition coefficient (Wildman–Crippen LogP) is 2.71. The van der Waals surface area contributed by atoms with Gasteiger partial charge in [-0.1, -0.05) is 29.8 Å². The summed E-state index contributed by atoms with van der Waals surface area (Å²) in [7, 11) is -2.19. The Hall–Kier alpha value is -3.07. The molecule has 2 amide bonds. The van der Waals surface area contributed by atoms with Gasteiger partial charge in [-0.25, -0.2) is 8.42 Å². The van der Waals surface area contributed by atoms with Crippen molar-refractivity contribution >= 4 is 27.5 Å². The third-order valence-electron chi connectivity index (χ3n) is 5.09. The smallest absolute Gasteiger partial charge is 0.244 e. The number of ether oxygens (including phenoxy) is 1. The van der Waals surface area contributed by atoms with Gasteiger partial charge >= 0.3 is 0 Å². The average molecular weight is 476 g/mol. The van der Waals surface area contributed by atoms with Crippen LogP contribution in [0.1, 0.15) is 31.9 Å². The summed E-state index contributed by atoms with van der Waals surface area (Å²) in [6.45, 7) is 6.89. The van der Waals surface area contributed by atoms with Crippen molar-refractivity contribution in [2.45, 2.75) is 46.3 Å². The monoisotopic (exact) mass is 475 g/mol. The molecule has 8 nitrogen and oxygen atoms in total. The number of nitrogens with one attached hydrogen (secondary N) is 1. The van der Waals surface area contributed by atoms with Crippen LogP contribution in [0.5, 0.6) is 5.75 Å². The summed E-state index contributed by atoms with van der Waals surface area (Å²) >= 11 is 0. The minimum atomic E-state index is -3.74. The van der Waals surface area contributed by atoms with Gasteiger partial charge in [-0.2, -0.15) is 0 Å². The lowest BCUT2D eigenvalue weighted by Crippen LogP contribution is -2.52. The average Bonchev–Trinajstić information content (AvgIpc) is 2.74. The Balaban J connectivity index is 2.39. The molecule has 0 saturated heterocycles. The maximum Gasteiger partial charge on any atom is 0.244 e. The summed E-state index contributed by atoms with van der Waals surface area (Å²) in [6, 6.07) is 13.1. The third kappa shape index (κ3) is 7.49. The molecule has 180 valence electrons. The van der Waals surface area contributed by atoms with E-state index in [1.54, 1.807) is 56.5 Å². The van der Waals surface area contributed by atoms with Crippen molar-refractivity contribution in [3.05, 3.63) is 59.7 Å². The first-order valence-corrected chi connectivity index (χ1v) is 12.5. The van der Waals surface area contributed by atoms with Gasteiger partial charge in [0.25, 0.3) is 0 Å². The highest BCUT2D eigenvalue weighted by Crippen LogP contribution is 2.20. The molecule has 1 atom stereocenters. The van der Waals surface area contributed by atoms with Crippen LogP contribution in [0.15, 0.2) is 48.5 Å². The van der Waals surface area contributed by atoms with Crippen LogP contribution in [-0.4, -0.2) is 57.1 Å². The number of sulfonamides is 1. The number of aryl methyl sites for hydroxylation is 1. The lowest BCUT2D eigenvalue weighted by molar-refractivity contribution is -0.139. The van der Waals surface area contributed by atoms with E-state index in [-0.39, 0.29) is 18.5 Å². The molecule has 2 rings (SSSR count). The molecule has 0 radical (unpaired) electrons.